The summed E-state index contributed by atoms with van der Waals surface area (Å²) in [4.78, 5) is 18.7. The topological polar surface area (TPSA) is 51.6 Å². The van der Waals surface area contributed by atoms with Crippen molar-refractivity contribution in [2.45, 2.75) is 0 Å². The first kappa shape index (κ1) is 36.3. The van der Waals surface area contributed by atoms with Gasteiger partial charge >= 0.3 is 0 Å². The van der Waals surface area contributed by atoms with Crippen LogP contribution in [0, 0.1) is 0 Å². The van der Waals surface area contributed by atoms with Crippen LogP contribution in [0.4, 0.5) is 0 Å². The van der Waals surface area contributed by atoms with E-state index < -0.39 is 0 Å². The van der Waals surface area contributed by atoms with Crippen molar-refractivity contribution in [3.63, 3.8) is 0 Å². The van der Waals surface area contributed by atoms with E-state index in [1.807, 2.05) is 73.3 Å². The molecule has 6 aromatic carbocycles. The highest BCUT2D eigenvalue weighted by molar-refractivity contribution is 5.88. The second-order valence-electron chi connectivity index (χ2n) is 14.8. The maximum Gasteiger partial charge on any atom is 0.0702 e. The Labute approximate surface area is 350 Å². The molecule has 282 valence electrons. The van der Waals surface area contributed by atoms with E-state index in [4.69, 9.17) is 0 Å². The second kappa shape index (κ2) is 16.4. The molecule has 60 heavy (non-hydrogen) atoms. The molecule has 4 nitrogen and oxygen atoms in total. The SMILES string of the molecule is c1ccc(-c2cccc(-c3cc(-c4cc(-c5cccc(-c6ccccn6)c5)cc(-c5cccc(-c6ccccn6)c5)c4)cc(-c4cccc(-c5ccccn5)c4)c3)c2)nc1. The number of pyridine rings is 4. The molecule has 4 heterocycles. The lowest BCUT2D eigenvalue weighted by molar-refractivity contribution is 1.33. The zero-order valence-electron chi connectivity index (χ0n) is 32.7. The molecule has 0 spiro atoms. The van der Waals surface area contributed by atoms with Crippen LogP contribution in [0.25, 0.3) is 101 Å². The minimum atomic E-state index is 0.942. The molecule has 0 aliphatic rings. The predicted molar refractivity (Wildman–Crippen MR) is 247 cm³/mol. The van der Waals surface area contributed by atoms with Crippen molar-refractivity contribution in [2.75, 3.05) is 0 Å². The van der Waals surface area contributed by atoms with Gasteiger partial charge in [0.15, 0.2) is 0 Å². The first-order valence-corrected chi connectivity index (χ1v) is 20.1. The van der Waals surface area contributed by atoms with Gasteiger partial charge in [0, 0.05) is 47.0 Å². The minimum absolute atomic E-state index is 0.942. The van der Waals surface area contributed by atoms with Crippen LogP contribution in [-0.4, -0.2) is 19.9 Å². The molecule has 0 N–H and O–H groups in total. The zero-order valence-corrected chi connectivity index (χ0v) is 32.7. The summed E-state index contributed by atoms with van der Waals surface area (Å²) in [5.74, 6) is 0. The first-order chi connectivity index (χ1) is 29.7. The summed E-state index contributed by atoms with van der Waals surface area (Å²) in [6.45, 7) is 0. The van der Waals surface area contributed by atoms with Crippen molar-refractivity contribution >= 4 is 0 Å². The molecular formula is C56H38N4. The number of benzene rings is 6. The van der Waals surface area contributed by atoms with Crippen molar-refractivity contribution in [2.24, 2.45) is 0 Å². The highest BCUT2D eigenvalue weighted by Gasteiger charge is 2.14. The molecule has 0 atom stereocenters. The van der Waals surface area contributed by atoms with Gasteiger partial charge in [-0.15, -0.1) is 0 Å². The largest absolute Gasteiger partial charge is 0.256 e. The van der Waals surface area contributed by atoms with Crippen LogP contribution in [0.3, 0.4) is 0 Å². The van der Waals surface area contributed by atoms with Crippen molar-refractivity contribution in [1.82, 2.24) is 19.9 Å². The van der Waals surface area contributed by atoms with Crippen molar-refractivity contribution in [1.29, 1.82) is 0 Å². The van der Waals surface area contributed by atoms with Crippen LogP contribution in [0.2, 0.25) is 0 Å². The molecule has 0 saturated heterocycles. The number of nitrogens with zero attached hydrogens (tertiary/aromatic N) is 4. The van der Waals surface area contributed by atoms with Crippen LogP contribution < -0.4 is 0 Å². The molecule has 10 aromatic rings. The Morgan fingerprint density at radius 3 is 0.583 bits per heavy atom. The summed E-state index contributed by atoms with van der Waals surface area (Å²) >= 11 is 0. The van der Waals surface area contributed by atoms with Gasteiger partial charge in [0.2, 0.25) is 0 Å². The lowest BCUT2D eigenvalue weighted by Gasteiger charge is -2.16. The Kier molecular flexibility index (Phi) is 9.92. The van der Waals surface area contributed by atoms with Crippen LogP contribution >= 0.6 is 0 Å². The summed E-state index contributed by atoms with van der Waals surface area (Å²) < 4.78 is 0. The normalized spacial score (nSPS) is 11.0. The molecule has 0 saturated carbocycles. The average Bonchev–Trinajstić information content (AvgIpc) is 3.35. The standard InChI is InChI=1S/C56H38N4/c1-5-25-57-53(21-1)43-17-9-13-39(29-43)47-33-48(40-14-10-18-44(30-40)54-22-2-6-26-58-54)36-51(35-47)52-37-49(41-15-11-19-45(31-41)55-23-3-7-27-59-55)34-50(38-52)42-16-12-20-46(32-42)56-24-4-8-28-60-56/h1-38H. The van der Waals surface area contributed by atoms with Gasteiger partial charge in [-0.25, -0.2) is 0 Å². The third-order valence-electron chi connectivity index (χ3n) is 10.8. The van der Waals surface area contributed by atoms with Crippen LogP contribution in [0.5, 0.6) is 0 Å². The maximum atomic E-state index is 4.67. The fourth-order valence-corrected chi connectivity index (χ4v) is 7.82. The summed E-state index contributed by atoms with van der Waals surface area (Å²) in [6, 6.07) is 72.8. The van der Waals surface area contributed by atoms with E-state index in [-0.39, 0.29) is 0 Å². The highest BCUT2D eigenvalue weighted by Crippen LogP contribution is 2.39. The van der Waals surface area contributed by atoms with Gasteiger partial charge in [0.1, 0.15) is 0 Å². The molecule has 0 radical (unpaired) electrons. The van der Waals surface area contributed by atoms with Crippen LogP contribution in [-0.2, 0) is 0 Å². The van der Waals surface area contributed by atoms with E-state index in [1.54, 1.807) is 0 Å². The fourth-order valence-electron chi connectivity index (χ4n) is 7.82. The van der Waals surface area contributed by atoms with Gasteiger partial charge in [-0.2, -0.15) is 0 Å². The smallest absolute Gasteiger partial charge is 0.0702 e. The third-order valence-corrected chi connectivity index (χ3v) is 10.8. The van der Waals surface area contributed by atoms with E-state index >= 15 is 0 Å². The molecule has 0 amide bonds. The Bertz CT molecular complexity index is 2660. The zero-order chi connectivity index (χ0) is 40.1. The van der Waals surface area contributed by atoms with Gasteiger partial charge in [0.05, 0.1) is 22.8 Å². The Morgan fingerprint density at radius 2 is 0.367 bits per heavy atom. The van der Waals surface area contributed by atoms with E-state index in [0.29, 0.717) is 0 Å². The Hall–Kier alpha value is -8.08. The lowest BCUT2D eigenvalue weighted by atomic mass is 9.88. The Balaban J connectivity index is 1.17. The van der Waals surface area contributed by atoms with Crippen molar-refractivity contribution < 1.29 is 0 Å². The molecule has 10 rings (SSSR count). The average molecular weight is 767 g/mol. The van der Waals surface area contributed by atoms with Crippen LogP contribution in [0.1, 0.15) is 0 Å². The van der Waals surface area contributed by atoms with Gasteiger partial charge < -0.3 is 0 Å². The molecule has 4 heteroatoms. The predicted octanol–water partition coefficient (Wildman–Crippen LogP) is 14.3. The number of hydrogen-bond donors (Lipinski definition) is 0. The molecular weight excluding hydrogens is 729 g/mol. The monoisotopic (exact) mass is 766 g/mol. The van der Waals surface area contributed by atoms with E-state index in [0.717, 1.165) is 101 Å². The Morgan fingerprint density at radius 1 is 0.167 bits per heavy atom. The van der Waals surface area contributed by atoms with Crippen molar-refractivity contribution in [3.8, 4) is 101 Å². The third kappa shape index (κ3) is 7.78. The summed E-state index contributed by atoms with van der Waals surface area (Å²) in [7, 11) is 0. The van der Waals surface area contributed by atoms with Gasteiger partial charge in [0.25, 0.3) is 0 Å². The maximum absolute atomic E-state index is 4.67. The fraction of sp³-hybridized carbons (Fsp3) is 0. The van der Waals surface area contributed by atoms with Gasteiger partial charge in [-0.3, -0.25) is 19.9 Å². The summed E-state index contributed by atoms with van der Waals surface area (Å²) in [6.07, 6.45) is 7.38. The quantitative estimate of drug-likeness (QED) is 0.147. The second-order valence-corrected chi connectivity index (χ2v) is 14.8. The molecule has 4 aromatic heterocycles. The van der Waals surface area contributed by atoms with Gasteiger partial charge in [-0.05, 0) is 165 Å². The molecule has 0 bridgehead atoms. The van der Waals surface area contributed by atoms with Gasteiger partial charge in [-0.1, -0.05) is 97.1 Å². The summed E-state index contributed by atoms with van der Waals surface area (Å²) in [5, 5.41) is 0. The summed E-state index contributed by atoms with van der Waals surface area (Å²) in [5.41, 5.74) is 19.2. The van der Waals surface area contributed by atoms with E-state index in [1.165, 1.54) is 0 Å². The molecule has 0 fully saturated rings. The molecule has 0 aliphatic carbocycles. The minimum Gasteiger partial charge on any atom is -0.256 e. The first-order valence-electron chi connectivity index (χ1n) is 20.1. The lowest BCUT2D eigenvalue weighted by Crippen LogP contribution is -1.91. The number of hydrogen-bond acceptors (Lipinski definition) is 4. The molecule has 0 unspecified atom stereocenters. The molecule has 0 aliphatic heterocycles. The van der Waals surface area contributed by atoms with Crippen molar-refractivity contribution in [3.05, 3.63) is 231 Å². The van der Waals surface area contributed by atoms with Crippen LogP contribution in [0.15, 0.2) is 231 Å². The number of aromatic nitrogens is 4. The van der Waals surface area contributed by atoms with E-state index in [2.05, 4.69) is 178 Å². The van der Waals surface area contributed by atoms with E-state index in [9.17, 15) is 0 Å². The highest BCUT2D eigenvalue weighted by atomic mass is 14.7. The number of rotatable bonds is 9.